The van der Waals surface area contributed by atoms with Crippen molar-refractivity contribution in [1.29, 1.82) is 0 Å². The number of aryl methyl sites for hydroxylation is 1. The molecule has 1 aliphatic rings. The molecule has 1 aliphatic heterocycles. The largest absolute Gasteiger partial charge is 0.369 e. The van der Waals surface area contributed by atoms with Gasteiger partial charge in [-0.2, -0.15) is 0 Å². The Hall–Kier alpha value is -3.11. The SMILES string of the molecule is Cc1ccccc1N1CCN(Cc2ccc(C(=O)N(C)Cc3ccccc3)cc2)CC1. The van der Waals surface area contributed by atoms with Gasteiger partial charge >= 0.3 is 0 Å². The van der Waals surface area contributed by atoms with Crippen molar-refractivity contribution < 1.29 is 4.79 Å². The minimum Gasteiger partial charge on any atom is -0.369 e. The zero-order chi connectivity index (χ0) is 21.6. The van der Waals surface area contributed by atoms with Gasteiger partial charge in [0.05, 0.1) is 0 Å². The Kier molecular flexibility index (Phi) is 6.68. The van der Waals surface area contributed by atoms with Gasteiger partial charge < -0.3 is 9.80 Å². The van der Waals surface area contributed by atoms with E-state index in [1.807, 2.05) is 49.5 Å². The van der Waals surface area contributed by atoms with Crippen LogP contribution in [0, 0.1) is 6.92 Å². The normalized spacial score (nSPS) is 14.5. The summed E-state index contributed by atoms with van der Waals surface area (Å²) in [5.74, 6) is 0.0576. The van der Waals surface area contributed by atoms with Crippen molar-refractivity contribution in [2.45, 2.75) is 20.0 Å². The first-order chi connectivity index (χ1) is 15.1. The lowest BCUT2D eigenvalue weighted by atomic mass is 10.1. The zero-order valence-corrected chi connectivity index (χ0v) is 18.5. The van der Waals surface area contributed by atoms with E-state index in [4.69, 9.17) is 0 Å². The highest BCUT2D eigenvalue weighted by Crippen LogP contribution is 2.21. The molecule has 0 saturated carbocycles. The second kappa shape index (κ2) is 9.80. The second-order valence-electron chi connectivity index (χ2n) is 8.39. The molecule has 0 atom stereocenters. The quantitative estimate of drug-likeness (QED) is 0.591. The Morgan fingerprint density at radius 1 is 0.806 bits per heavy atom. The summed E-state index contributed by atoms with van der Waals surface area (Å²) in [5.41, 5.74) is 5.83. The molecule has 0 spiro atoms. The molecule has 4 heteroatoms. The molecule has 1 saturated heterocycles. The predicted octanol–water partition coefficient (Wildman–Crippen LogP) is 4.59. The third-order valence-corrected chi connectivity index (χ3v) is 6.04. The summed E-state index contributed by atoms with van der Waals surface area (Å²) >= 11 is 0. The van der Waals surface area contributed by atoms with Crippen LogP contribution in [-0.4, -0.2) is 48.9 Å². The Bertz CT molecular complexity index is 993. The average Bonchev–Trinajstić information content (AvgIpc) is 2.81. The van der Waals surface area contributed by atoms with Gasteiger partial charge in [0.15, 0.2) is 0 Å². The van der Waals surface area contributed by atoms with Crippen LogP contribution >= 0.6 is 0 Å². The number of rotatable bonds is 6. The molecule has 0 bridgehead atoms. The highest BCUT2D eigenvalue weighted by molar-refractivity contribution is 5.94. The van der Waals surface area contributed by atoms with Crippen LogP contribution in [0.5, 0.6) is 0 Å². The monoisotopic (exact) mass is 413 g/mol. The first-order valence-electron chi connectivity index (χ1n) is 11.0. The van der Waals surface area contributed by atoms with Gasteiger partial charge in [-0.25, -0.2) is 0 Å². The number of nitrogens with zero attached hydrogens (tertiary/aromatic N) is 3. The smallest absolute Gasteiger partial charge is 0.253 e. The first-order valence-corrected chi connectivity index (χ1v) is 11.0. The third-order valence-electron chi connectivity index (χ3n) is 6.04. The van der Waals surface area contributed by atoms with E-state index >= 15 is 0 Å². The number of anilines is 1. The van der Waals surface area contributed by atoms with E-state index in [1.165, 1.54) is 16.8 Å². The average molecular weight is 414 g/mol. The molecule has 0 radical (unpaired) electrons. The molecule has 0 aliphatic carbocycles. The van der Waals surface area contributed by atoms with Crippen molar-refractivity contribution in [2.75, 3.05) is 38.1 Å². The van der Waals surface area contributed by atoms with E-state index in [0.717, 1.165) is 43.9 Å². The van der Waals surface area contributed by atoms with Gasteiger partial charge in [-0.15, -0.1) is 0 Å². The number of carbonyl (C=O) groups excluding carboxylic acids is 1. The van der Waals surface area contributed by atoms with Crippen molar-refractivity contribution in [3.05, 3.63) is 101 Å². The topological polar surface area (TPSA) is 26.8 Å². The molecule has 4 nitrogen and oxygen atoms in total. The number of hydrogen-bond acceptors (Lipinski definition) is 3. The number of carbonyl (C=O) groups is 1. The van der Waals surface area contributed by atoms with Crippen LogP contribution in [-0.2, 0) is 13.1 Å². The minimum absolute atomic E-state index is 0.0576. The van der Waals surface area contributed by atoms with Crippen molar-refractivity contribution in [3.63, 3.8) is 0 Å². The maximum atomic E-state index is 12.8. The summed E-state index contributed by atoms with van der Waals surface area (Å²) in [5, 5.41) is 0. The van der Waals surface area contributed by atoms with Crippen LogP contribution in [0.2, 0.25) is 0 Å². The molecular formula is C27H31N3O. The van der Waals surface area contributed by atoms with E-state index in [2.05, 4.69) is 53.1 Å². The standard InChI is InChI=1S/C27H31N3O/c1-22-8-6-7-11-26(22)30-18-16-29(17-19-30)21-24-12-14-25(15-13-24)27(31)28(2)20-23-9-4-3-5-10-23/h3-15H,16-21H2,1-2H3. The summed E-state index contributed by atoms with van der Waals surface area (Å²) in [7, 11) is 1.86. The van der Waals surface area contributed by atoms with E-state index in [1.54, 1.807) is 4.90 Å². The number of hydrogen-bond donors (Lipinski definition) is 0. The molecule has 31 heavy (non-hydrogen) atoms. The predicted molar refractivity (Wildman–Crippen MR) is 127 cm³/mol. The van der Waals surface area contributed by atoms with Gasteiger partial charge in [-0.1, -0.05) is 60.7 Å². The van der Waals surface area contributed by atoms with Crippen LogP contribution in [0.25, 0.3) is 0 Å². The van der Waals surface area contributed by atoms with Crippen molar-refractivity contribution in [3.8, 4) is 0 Å². The summed E-state index contributed by atoms with van der Waals surface area (Å²) in [4.78, 5) is 19.5. The molecule has 0 aromatic heterocycles. The lowest BCUT2D eigenvalue weighted by molar-refractivity contribution is 0.0785. The molecule has 0 N–H and O–H groups in total. The number of amides is 1. The maximum Gasteiger partial charge on any atom is 0.253 e. The molecule has 3 aromatic carbocycles. The lowest BCUT2D eigenvalue weighted by Gasteiger charge is -2.36. The van der Waals surface area contributed by atoms with Crippen molar-refractivity contribution >= 4 is 11.6 Å². The van der Waals surface area contributed by atoms with Gasteiger partial charge in [-0.05, 0) is 41.8 Å². The molecule has 3 aromatic rings. The number of para-hydroxylation sites is 1. The zero-order valence-electron chi connectivity index (χ0n) is 18.5. The lowest BCUT2D eigenvalue weighted by Crippen LogP contribution is -2.46. The molecule has 4 rings (SSSR count). The molecule has 160 valence electrons. The van der Waals surface area contributed by atoms with Crippen LogP contribution in [0.4, 0.5) is 5.69 Å². The van der Waals surface area contributed by atoms with Gasteiger partial charge in [0.2, 0.25) is 0 Å². The van der Waals surface area contributed by atoms with E-state index in [9.17, 15) is 4.79 Å². The van der Waals surface area contributed by atoms with Crippen LogP contribution in [0.15, 0.2) is 78.9 Å². The Labute approximate surface area is 185 Å². The molecule has 1 fully saturated rings. The first kappa shape index (κ1) is 21.1. The highest BCUT2D eigenvalue weighted by atomic mass is 16.2. The fraction of sp³-hybridized carbons (Fsp3) is 0.296. The third kappa shape index (κ3) is 5.33. The Morgan fingerprint density at radius 3 is 2.13 bits per heavy atom. The molecular weight excluding hydrogens is 382 g/mol. The van der Waals surface area contributed by atoms with E-state index < -0.39 is 0 Å². The van der Waals surface area contributed by atoms with Crippen LogP contribution < -0.4 is 4.90 Å². The van der Waals surface area contributed by atoms with Crippen molar-refractivity contribution in [1.82, 2.24) is 9.80 Å². The van der Waals surface area contributed by atoms with Crippen LogP contribution in [0.1, 0.15) is 27.0 Å². The fourth-order valence-corrected chi connectivity index (χ4v) is 4.23. The van der Waals surface area contributed by atoms with Crippen LogP contribution in [0.3, 0.4) is 0 Å². The summed E-state index contributed by atoms with van der Waals surface area (Å²) in [6.07, 6.45) is 0. The summed E-state index contributed by atoms with van der Waals surface area (Å²) < 4.78 is 0. The van der Waals surface area contributed by atoms with E-state index in [-0.39, 0.29) is 5.91 Å². The number of benzene rings is 3. The highest BCUT2D eigenvalue weighted by Gasteiger charge is 2.18. The Balaban J connectivity index is 1.30. The molecule has 0 unspecified atom stereocenters. The van der Waals surface area contributed by atoms with Gasteiger partial charge in [-0.3, -0.25) is 9.69 Å². The maximum absolute atomic E-state index is 12.8. The molecule has 1 amide bonds. The van der Waals surface area contributed by atoms with E-state index in [0.29, 0.717) is 6.54 Å². The Morgan fingerprint density at radius 2 is 1.45 bits per heavy atom. The summed E-state index contributed by atoms with van der Waals surface area (Å²) in [6.45, 7) is 7.92. The van der Waals surface area contributed by atoms with Crippen molar-refractivity contribution in [2.24, 2.45) is 0 Å². The minimum atomic E-state index is 0.0576. The fourth-order valence-electron chi connectivity index (χ4n) is 4.23. The summed E-state index contributed by atoms with van der Waals surface area (Å²) in [6, 6.07) is 26.8. The second-order valence-corrected chi connectivity index (χ2v) is 8.39. The van der Waals surface area contributed by atoms with Gasteiger partial charge in [0.1, 0.15) is 0 Å². The molecule has 1 heterocycles. The van der Waals surface area contributed by atoms with Gasteiger partial charge in [0, 0.05) is 57.6 Å². The number of piperazine rings is 1. The van der Waals surface area contributed by atoms with Gasteiger partial charge in [0.25, 0.3) is 5.91 Å².